The molecule has 2 aromatic heterocycles. The second kappa shape index (κ2) is 16.5. The van der Waals surface area contributed by atoms with Crippen molar-refractivity contribution in [3.05, 3.63) is 69.7 Å². The number of pyridine rings is 1. The van der Waals surface area contributed by atoms with E-state index in [4.69, 9.17) is 19.2 Å². The lowest BCUT2D eigenvalue weighted by Gasteiger charge is -2.36. The van der Waals surface area contributed by atoms with E-state index in [0.717, 1.165) is 35.8 Å². The fraction of sp³-hybridized carbons (Fsp3) is 0.459. The second-order valence-corrected chi connectivity index (χ2v) is 16.2. The van der Waals surface area contributed by atoms with Gasteiger partial charge in [0, 0.05) is 61.7 Å². The molecule has 52 heavy (non-hydrogen) atoms. The van der Waals surface area contributed by atoms with Crippen molar-refractivity contribution in [2.75, 3.05) is 65.5 Å². The summed E-state index contributed by atoms with van der Waals surface area (Å²) in [4.78, 5) is 41.1. The molecule has 2 aliphatic heterocycles. The van der Waals surface area contributed by atoms with Crippen molar-refractivity contribution in [3.63, 3.8) is 0 Å². The summed E-state index contributed by atoms with van der Waals surface area (Å²) < 4.78 is 45.8. The number of rotatable bonds is 7. The first-order valence-corrected chi connectivity index (χ1v) is 20.0. The summed E-state index contributed by atoms with van der Waals surface area (Å²) in [6.45, 7) is 4.06. The summed E-state index contributed by atoms with van der Waals surface area (Å²) in [6.07, 6.45) is 2.68. The minimum absolute atomic E-state index is 0.0981. The molecule has 2 aromatic carbocycles. The van der Waals surface area contributed by atoms with Gasteiger partial charge < -0.3 is 29.3 Å². The Hall–Kier alpha value is -4.47. The van der Waals surface area contributed by atoms with E-state index in [-0.39, 0.29) is 43.1 Å². The second-order valence-electron chi connectivity index (χ2n) is 13.2. The molecule has 1 unspecified atom stereocenters. The average molecular weight is 751 g/mol. The lowest BCUT2D eigenvalue weighted by Crippen LogP contribution is -2.46. The molecule has 0 aliphatic carbocycles. The van der Waals surface area contributed by atoms with Gasteiger partial charge in [-0.25, -0.2) is 18.4 Å². The van der Waals surface area contributed by atoms with Crippen molar-refractivity contribution in [2.45, 2.75) is 44.9 Å². The number of nitrogens with one attached hydrogen (secondary N) is 1. The van der Waals surface area contributed by atoms with Gasteiger partial charge in [-0.15, -0.1) is 11.3 Å². The van der Waals surface area contributed by atoms with E-state index in [1.807, 2.05) is 25.1 Å². The molecule has 1 fully saturated rings. The number of methoxy groups -OCH3 is 3. The van der Waals surface area contributed by atoms with E-state index in [1.165, 1.54) is 15.6 Å². The third kappa shape index (κ3) is 8.42. The number of fused-ring (bicyclic) bond motifs is 5. The summed E-state index contributed by atoms with van der Waals surface area (Å²) in [5.41, 5.74) is 2.49. The Morgan fingerprint density at radius 2 is 1.73 bits per heavy atom. The number of carbonyl (C=O) groups is 2. The van der Waals surface area contributed by atoms with Crippen LogP contribution >= 0.6 is 11.3 Å². The molecule has 0 saturated carbocycles. The number of piperidine rings is 1. The summed E-state index contributed by atoms with van der Waals surface area (Å²) in [6, 6.07) is 12.8. The number of hydrogen-bond donors (Lipinski definition) is 1. The molecule has 1 atom stereocenters. The summed E-state index contributed by atoms with van der Waals surface area (Å²) in [7, 11) is 0.879. The average Bonchev–Trinajstić information content (AvgIpc) is 3.59. The predicted octanol–water partition coefficient (Wildman–Crippen LogP) is 4.63. The molecule has 1 N–H and O–H groups in total. The van der Waals surface area contributed by atoms with Crippen LogP contribution in [0.3, 0.4) is 0 Å². The standard InChI is InChI=1S/C37H46N6O7S2/c1-25-39-31(23-51-25)37(45)42-14-8-9-16-43(52(46,47)24-26-11-6-5-7-12-26)22-33(44)38-19-27-13-10-15-41(20-27)36-28(21-42)17-29-30(40-36)18-32(48-2)35(50-4)34(29)49-3/h5-7,11-12,17-18,23,27H,8-10,13-16,19-22,24H2,1-4H3,(H,38,44). The van der Waals surface area contributed by atoms with Gasteiger partial charge in [-0.3, -0.25) is 9.59 Å². The fourth-order valence-electron chi connectivity index (χ4n) is 6.98. The third-order valence-electron chi connectivity index (χ3n) is 9.56. The van der Waals surface area contributed by atoms with Crippen LogP contribution in [0.15, 0.2) is 47.8 Å². The number of aromatic nitrogens is 2. The first-order valence-electron chi connectivity index (χ1n) is 17.5. The maximum atomic E-state index is 14.1. The Balaban J connectivity index is 1.40. The minimum atomic E-state index is -3.82. The van der Waals surface area contributed by atoms with Gasteiger partial charge in [0.05, 0.1) is 44.2 Å². The van der Waals surface area contributed by atoms with E-state index in [9.17, 15) is 18.0 Å². The zero-order valence-corrected chi connectivity index (χ0v) is 31.7. The van der Waals surface area contributed by atoms with E-state index < -0.39 is 10.0 Å². The van der Waals surface area contributed by atoms with Crippen LogP contribution < -0.4 is 24.4 Å². The van der Waals surface area contributed by atoms with Crippen LogP contribution in [0, 0.1) is 12.8 Å². The Bertz CT molecular complexity index is 2010. The Morgan fingerprint density at radius 3 is 2.44 bits per heavy atom. The zero-order valence-electron chi connectivity index (χ0n) is 30.1. The fourth-order valence-corrected chi connectivity index (χ4v) is 9.08. The normalized spacial score (nSPS) is 18.1. The molecule has 6 rings (SSSR count). The molecule has 4 aromatic rings. The van der Waals surface area contributed by atoms with E-state index in [2.05, 4.69) is 15.2 Å². The zero-order chi connectivity index (χ0) is 36.8. The van der Waals surface area contributed by atoms with Crippen molar-refractivity contribution >= 4 is 49.9 Å². The van der Waals surface area contributed by atoms with Gasteiger partial charge in [-0.1, -0.05) is 30.3 Å². The lowest BCUT2D eigenvalue weighted by molar-refractivity contribution is -0.121. The highest BCUT2D eigenvalue weighted by molar-refractivity contribution is 7.88. The van der Waals surface area contributed by atoms with Crippen molar-refractivity contribution in [1.82, 2.24) is 24.5 Å². The summed E-state index contributed by atoms with van der Waals surface area (Å²) >= 11 is 1.41. The van der Waals surface area contributed by atoms with Gasteiger partial charge in [0.2, 0.25) is 21.7 Å². The molecular weight excluding hydrogens is 705 g/mol. The lowest BCUT2D eigenvalue weighted by atomic mass is 9.97. The highest BCUT2D eigenvalue weighted by atomic mass is 32.2. The van der Waals surface area contributed by atoms with Crippen molar-refractivity contribution in [3.8, 4) is 17.2 Å². The van der Waals surface area contributed by atoms with E-state index in [0.29, 0.717) is 71.9 Å². The van der Waals surface area contributed by atoms with Gasteiger partial charge in [0.15, 0.2) is 11.5 Å². The molecule has 0 spiro atoms. The number of sulfonamides is 1. The smallest absolute Gasteiger partial charge is 0.273 e. The monoisotopic (exact) mass is 750 g/mol. The quantitative estimate of drug-likeness (QED) is 0.284. The number of amides is 2. The summed E-state index contributed by atoms with van der Waals surface area (Å²) in [5.74, 6) is 1.49. The van der Waals surface area contributed by atoms with Crippen molar-refractivity contribution < 1.29 is 32.2 Å². The number of nitrogens with zero attached hydrogens (tertiary/aromatic N) is 5. The molecule has 4 heterocycles. The molecule has 13 nitrogen and oxygen atoms in total. The maximum Gasteiger partial charge on any atom is 0.273 e. The van der Waals surface area contributed by atoms with Crippen LogP contribution in [0.25, 0.3) is 10.9 Å². The third-order valence-corrected chi connectivity index (χ3v) is 12.1. The molecule has 278 valence electrons. The molecule has 2 bridgehead atoms. The number of anilines is 1. The Kier molecular flexibility index (Phi) is 11.8. The van der Waals surface area contributed by atoms with Crippen LogP contribution in [-0.2, 0) is 27.1 Å². The van der Waals surface area contributed by atoms with Crippen LogP contribution in [0.2, 0.25) is 0 Å². The van der Waals surface area contributed by atoms with Crippen LogP contribution in [0.5, 0.6) is 17.2 Å². The SMILES string of the molecule is COc1cc2nc3c(cc2c(OC)c1OC)CN(C(=O)c1csc(C)n1)CCCCN(S(=O)(=O)Cc1ccccc1)CC(=O)NCC1CCCN3C1. The molecule has 0 radical (unpaired) electrons. The van der Waals surface area contributed by atoms with Gasteiger partial charge in [-0.05, 0) is 50.2 Å². The molecule has 2 aliphatic rings. The molecule has 2 amide bonds. The number of hydrogen-bond acceptors (Lipinski definition) is 11. The number of aryl methyl sites for hydroxylation is 1. The van der Waals surface area contributed by atoms with Gasteiger partial charge in [0.1, 0.15) is 11.5 Å². The largest absolute Gasteiger partial charge is 0.493 e. The number of ether oxygens (including phenoxy) is 3. The van der Waals surface area contributed by atoms with Crippen LogP contribution in [-0.4, -0.2) is 100 Å². The Labute approximate surface area is 308 Å². The number of carbonyl (C=O) groups excluding carboxylic acids is 2. The minimum Gasteiger partial charge on any atom is -0.493 e. The van der Waals surface area contributed by atoms with Gasteiger partial charge in [-0.2, -0.15) is 4.31 Å². The van der Waals surface area contributed by atoms with E-state index in [1.54, 1.807) is 55.9 Å². The highest BCUT2D eigenvalue weighted by Crippen LogP contribution is 2.44. The molecule has 1 saturated heterocycles. The Morgan fingerprint density at radius 1 is 0.962 bits per heavy atom. The van der Waals surface area contributed by atoms with Crippen molar-refractivity contribution in [1.29, 1.82) is 0 Å². The first kappa shape index (κ1) is 37.3. The first-order chi connectivity index (χ1) is 25.1. The summed E-state index contributed by atoms with van der Waals surface area (Å²) in [5, 5.41) is 6.29. The van der Waals surface area contributed by atoms with Crippen LogP contribution in [0.1, 0.15) is 52.3 Å². The highest BCUT2D eigenvalue weighted by Gasteiger charge is 2.30. The molecular formula is C37H46N6O7S2. The molecule has 15 heteroatoms. The van der Waals surface area contributed by atoms with Crippen LogP contribution in [0.4, 0.5) is 5.82 Å². The topological polar surface area (TPSA) is 144 Å². The van der Waals surface area contributed by atoms with E-state index >= 15 is 0 Å². The number of thiazole rings is 1. The maximum absolute atomic E-state index is 14.1. The van der Waals surface area contributed by atoms with Crippen molar-refractivity contribution in [2.24, 2.45) is 5.92 Å². The van der Waals surface area contributed by atoms with Gasteiger partial charge >= 0.3 is 0 Å². The van der Waals surface area contributed by atoms with Gasteiger partial charge in [0.25, 0.3) is 5.91 Å². The predicted molar refractivity (Wildman–Crippen MR) is 201 cm³/mol. The number of benzene rings is 2.